The van der Waals surface area contributed by atoms with Gasteiger partial charge in [-0.2, -0.15) is 0 Å². The molecule has 3 aliphatic rings. The number of hydrogen-bond donors (Lipinski definition) is 0. The van der Waals surface area contributed by atoms with Crippen LogP contribution in [-0.4, -0.2) is 0 Å². The van der Waals surface area contributed by atoms with E-state index in [4.69, 9.17) is 0 Å². The maximum Gasteiger partial charge on any atom is -0.0355 e. The average molecular weight is 262 g/mol. The zero-order chi connectivity index (χ0) is 13.4. The van der Waals surface area contributed by atoms with E-state index in [1.165, 1.54) is 32.1 Å². The van der Waals surface area contributed by atoms with E-state index in [1.807, 2.05) is 0 Å². The Balaban J connectivity index is 1.59. The minimum atomic E-state index is 1.01. The van der Waals surface area contributed by atoms with Crippen molar-refractivity contribution in [3.63, 3.8) is 0 Å². The van der Waals surface area contributed by atoms with Crippen LogP contribution < -0.4 is 0 Å². The third-order valence-electron chi connectivity index (χ3n) is 7.20. The highest BCUT2D eigenvalue weighted by Crippen LogP contribution is 2.52. The minimum absolute atomic E-state index is 1.01. The molecule has 3 rings (SSSR count). The van der Waals surface area contributed by atoms with Crippen molar-refractivity contribution in [2.75, 3.05) is 0 Å². The Morgan fingerprint density at radius 2 is 1.42 bits per heavy atom. The van der Waals surface area contributed by atoms with Crippen molar-refractivity contribution in [2.24, 2.45) is 41.4 Å². The Kier molecular flexibility index (Phi) is 4.25. The molecule has 19 heavy (non-hydrogen) atoms. The van der Waals surface area contributed by atoms with E-state index in [9.17, 15) is 0 Å². The maximum atomic E-state index is 2.62. The van der Waals surface area contributed by atoms with Gasteiger partial charge in [0.25, 0.3) is 0 Å². The summed E-state index contributed by atoms with van der Waals surface area (Å²) < 4.78 is 0. The van der Waals surface area contributed by atoms with E-state index in [-0.39, 0.29) is 0 Å². The lowest BCUT2D eigenvalue weighted by atomic mass is 9.66. The molecule has 0 aliphatic heterocycles. The second-order valence-corrected chi connectivity index (χ2v) is 8.46. The Morgan fingerprint density at radius 1 is 0.737 bits per heavy atom. The molecular formula is C19H34. The predicted octanol–water partition coefficient (Wildman–Crippen LogP) is 5.91. The van der Waals surface area contributed by atoms with Gasteiger partial charge in [-0.25, -0.2) is 0 Å². The van der Waals surface area contributed by atoms with Crippen LogP contribution in [0.4, 0.5) is 0 Å². The molecular weight excluding hydrogens is 228 g/mol. The molecule has 0 heterocycles. The van der Waals surface area contributed by atoms with E-state index >= 15 is 0 Å². The maximum absolute atomic E-state index is 2.62. The van der Waals surface area contributed by atoms with Crippen LogP contribution in [0.1, 0.15) is 78.6 Å². The van der Waals surface area contributed by atoms with Crippen molar-refractivity contribution in [2.45, 2.75) is 78.6 Å². The molecule has 0 amide bonds. The molecule has 0 saturated heterocycles. The summed E-state index contributed by atoms with van der Waals surface area (Å²) >= 11 is 0. The quantitative estimate of drug-likeness (QED) is 0.580. The van der Waals surface area contributed by atoms with Crippen molar-refractivity contribution < 1.29 is 0 Å². The molecule has 0 spiro atoms. The molecule has 3 aliphatic carbocycles. The molecule has 3 fully saturated rings. The van der Waals surface area contributed by atoms with Gasteiger partial charge in [-0.3, -0.25) is 0 Å². The fourth-order valence-electron chi connectivity index (χ4n) is 5.85. The van der Waals surface area contributed by atoms with Crippen LogP contribution in [0.3, 0.4) is 0 Å². The van der Waals surface area contributed by atoms with Crippen LogP contribution in [0.5, 0.6) is 0 Å². The highest BCUT2D eigenvalue weighted by Gasteiger charge is 2.43. The van der Waals surface area contributed by atoms with Crippen LogP contribution in [0.15, 0.2) is 0 Å². The molecule has 3 saturated carbocycles. The topological polar surface area (TPSA) is 0 Å². The fraction of sp³-hybridized carbons (Fsp3) is 1.00. The molecule has 0 heteroatoms. The van der Waals surface area contributed by atoms with E-state index in [2.05, 4.69) is 20.8 Å². The number of rotatable bonds is 2. The first-order valence-corrected chi connectivity index (χ1v) is 9.15. The summed E-state index contributed by atoms with van der Waals surface area (Å²) in [5, 5.41) is 0. The Labute approximate surface area is 120 Å². The zero-order valence-corrected chi connectivity index (χ0v) is 13.4. The van der Waals surface area contributed by atoms with E-state index in [1.54, 1.807) is 25.7 Å². The summed E-state index contributed by atoms with van der Waals surface area (Å²) in [5.41, 5.74) is 0. The SMILES string of the molecule is CC1CCC(C(C)C2CCC3CC(C)CCC32)CC1. The van der Waals surface area contributed by atoms with Crippen molar-refractivity contribution in [1.82, 2.24) is 0 Å². The highest BCUT2D eigenvalue weighted by atomic mass is 14.5. The van der Waals surface area contributed by atoms with Crippen molar-refractivity contribution >= 4 is 0 Å². The molecule has 0 N–H and O–H groups in total. The highest BCUT2D eigenvalue weighted by molar-refractivity contribution is 4.93. The second-order valence-electron chi connectivity index (χ2n) is 8.46. The lowest BCUT2D eigenvalue weighted by Crippen LogP contribution is -2.31. The third-order valence-corrected chi connectivity index (χ3v) is 7.20. The summed E-state index contributed by atoms with van der Waals surface area (Å²) in [4.78, 5) is 0. The molecule has 0 aromatic rings. The first kappa shape index (κ1) is 14.0. The first-order valence-electron chi connectivity index (χ1n) is 9.15. The lowest BCUT2D eigenvalue weighted by Gasteiger charge is -2.39. The summed E-state index contributed by atoms with van der Waals surface area (Å²) in [6.07, 6.45) is 13.8. The van der Waals surface area contributed by atoms with Gasteiger partial charge in [0, 0.05) is 0 Å². The van der Waals surface area contributed by atoms with Gasteiger partial charge in [0.2, 0.25) is 0 Å². The van der Waals surface area contributed by atoms with Gasteiger partial charge in [0.05, 0.1) is 0 Å². The van der Waals surface area contributed by atoms with Crippen LogP contribution in [0, 0.1) is 41.4 Å². The molecule has 0 radical (unpaired) electrons. The summed E-state index contributed by atoms with van der Waals surface area (Å²) in [5.74, 6) is 7.44. The van der Waals surface area contributed by atoms with Gasteiger partial charge in [-0.05, 0) is 80.0 Å². The Bertz CT molecular complexity index is 286. The second kappa shape index (κ2) is 5.78. The standard InChI is InChI=1S/C19H34/c1-13-4-7-16(8-5-13)15(3)18-11-9-17-12-14(2)6-10-19(17)18/h13-19H,4-12H2,1-3H3. The summed E-state index contributed by atoms with van der Waals surface area (Å²) in [6.45, 7) is 7.55. The van der Waals surface area contributed by atoms with E-state index in [0.29, 0.717) is 0 Å². The van der Waals surface area contributed by atoms with Crippen molar-refractivity contribution in [1.29, 1.82) is 0 Å². The summed E-state index contributed by atoms with van der Waals surface area (Å²) in [6, 6.07) is 0. The molecule has 0 nitrogen and oxygen atoms in total. The normalized spacial score (nSPS) is 48.8. The van der Waals surface area contributed by atoms with E-state index < -0.39 is 0 Å². The predicted molar refractivity (Wildman–Crippen MR) is 83.0 cm³/mol. The average Bonchev–Trinajstić information content (AvgIpc) is 2.81. The van der Waals surface area contributed by atoms with Crippen LogP contribution >= 0.6 is 0 Å². The van der Waals surface area contributed by atoms with E-state index in [0.717, 1.165) is 41.4 Å². The van der Waals surface area contributed by atoms with Gasteiger partial charge in [0.1, 0.15) is 0 Å². The van der Waals surface area contributed by atoms with Gasteiger partial charge in [-0.15, -0.1) is 0 Å². The van der Waals surface area contributed by atoms with Crippen molar-refractivity contribution in [3.05, 3.63) is 0 Å². The molecule has 5 atom stereocenters. The third kappa shape index (κ3) is 2.88. The Morgan fingerprint density at radius 3 is 2.16 bits per heavy atom. The first-order chi connectivity index (χ1) is 9.15. The van der Waals surface area contributed by atoms with Crippen LogP contribution in [0.2, 0.25) is 0 Å². The van der Waals surface area contributed by atoms with Crippen molar-refractivity contribution in [3.8, 4) is 0 Å². The smallest absolute Gasteiger partial charge is 0.0355 e. The Hall–Kier alpha value is 0. The lowest BCUT2D eigenvalue weighted by molar-refractivity contribution is 0.105. The van der Waals surface area contributed by atoms with Gasteiger partial charge in [0.15, 0.2) is 0 Å². The summed E-state index contributed by atoms with van der Waals surface area (Å²) in [7, 11) is 0. The minimum Gasteiger partial charge on any atom is -0.0625 e. The van der Waals surface area contributed by atoms with Crippen LogP contribution in [0.25, 0.3) is 0 Å². The van der Waals surface area contributed by atoms with Crippen LogP contribution in [-0.2, 0) is 0 Å². The van der Waals surface area contributed by atoms with Gasteiger partial charge < -0.3 is 0 Å². The molecule has 0 aromatic carbocycles. The largest absolute Gasteiger partial charge is 0.0625 e. The molecule has 0 bridgehead atoms. The fourth-order valence-corrected chi connectivity index (χ4v) is 5.85. The van der Waals surface area contributed by atoms with Gasteiger partial charge >= 0.3 is 0 Å². The molecule has 0 aromatic heterocycles. The monoisotopic (exact) mass is 262 g/mol. The zero-order valence-electron chi connectivity index (χ0n) is 13.4. The number of hydrogen-bond acceptors (Lipinski definition) is 0. The van der Waals surface area contributed by atoms with Gasteiger partial charge in [-0.1, -0.05) is 40.0 Å². The molecule has 110 valence electrons. The molecule has 5 unspecified atom stereocenters. The number of fused-ring (bicyclic) bond motifs is 1.